The van der Waals surface area contributed by atoms with Crippen molar-refractivity contribution in [3.63, 3.8) is 0 Å². The molecule has 0 bridgehead atoms. The average Bonchev–Trinajstić information content (AvgIpc) is 3.17. The third-order valence-corrected chi connectivity index (χ3v) is 6.08. The molecule has 29 heavy (non-hydrogen) atoms. The molecule has 2 aliphatic rings. The van der Waals surface area contributed by atoms with E-state index in [4.69, 9.17) is 9.84 Å². The van der Waals surface area contributed by atoms with Crippen LogP contribution in [0.4, 0.5) is 4.39 Å². The smallest absolute Gasteiger partial charge is 0.340 e. The fourth-order valence-corrected chi connectivity index (χ4v) is 4.52. The Hall–Kier alpha value is -2.48. The molecule has 2 aromatic rings. The summed E-state index contributed by atoms with van der Waals surface area (Å²) in [6, 6.07) is 5.99. The number of nitrogens with zero attached hydrogens (tertiary/aromatic N) is 4. The van der Waals surface area contributed by atoms with Crippen molar-refractivity contribution in [3.05, 3.63) is 47.0 Å². The van der Waals surface area contributed by atoms with Gasteiger partial charge in [0.25, 0.3) is 0 Å². The molecular weight excluding hydrogens is 391 g/mol. The first-order chi connectivity index (χ1) is 14.2. The fourth-order valence-electron chi connectivity index (χ4n) is 3.68. The van der Waals surface area contributed by atoms with Crippen LogP contribution < -0.4 is 0 Å². The first kappa shape index (κ1) is 19.8. The number of hydrogen-bond donors (Lipinski definition) is 0. The van der Waals surface area contributed by atoms with Crippen LogP contribution in [0.1, 0.15) is 56.3 Å². The molecule has 1 aliphatic carbocycles. The Balaban J connectivity index is 1.71. The van der Waals surface area contributed by atoms with Crippen LogP contribution in [0.5, 0.6) is 0 Å². The van der Waals surface area contributed by atoms with Gasteiger partial charge in [-0.15, -0.1) is 10.2 Å². The van der Waals surface area contributed by atoms with E-state index in [0.29, 0.717) is 28.5 Å². The average molecular weight is 415 g/mol. The Kier molecular flexibility index (Phi) is 6.08. The number of aromatic nitrogens is 3. The molecule has 1 aromatic heterocycles. The zero-order valence-electron chi connectivity index (χ0n) is 16.3. The molecule has 0 spiro atoms. The number of fused-ring (bicyclic) bond motifs is 1. The Morgan fingerprint density at radius 1 is 1.24 bits per heavy atom. The first-order valence-electron chi connectivity index (χ1n) is 9.96. The molecule has 6 nitrogen and oxygen atoms in total. The normalized spacial score (nSPS) is 17.6. The minimum Gasteiger partial charge on any atom is -0.462 e. The van der Waals surface area contributed by atoms with E-state index in [-0.39, 0.29) is 12.4 Å². The molecule has 1 aliphatic heterocycles. The van der Waals surface area contributed by atoms with Crippen molar-refractivity contribution in [1.82, 2.24) is 14.9 Å². The van der Waals surface area contributed by atoms with E-state index in [2.05, 4.69) is 10.2 Å². The van der Waals surface area contributed by atoms with E-state index in [1.807, 2.05) is 0 Å². The number of thioether (sulfide) groups is 1. The predicted molar refractivity (Wildman–Crippen MR) is 110 cm³/mol. The lowest BCUT2D eigenvalue weighted by molar-refractivity contribution is -0.137. The summed E-state index contributed by atoms with van der Waals surface area (Å²) in [5, 5.41) is 14.2. The second kappa shape index (κ2) is 8.90. The van der Waals surface area contributed by atoms with Gasteiger partial charge in [0.1, 0.15) is 5.82 Å². The Morgan fingerprint density at radius 2 is 2.00 bits per heavy atom. The van der Waals surface area contributed by atoms with Gasteiger partial charge in [-0.2, -0.15) is 9.78 Å². The number of benzene rings is 1. The number of ether oxygens (including phenoxy) is 1. The highest BCUT2D eigenvalue weighted by Gasteiger charge is 2.28. The highest BCUT2D eigenvalue weighted by atomic mass is 32.2. The van der Waals surface area contributed by atoms with E-state index in [0.717, 1.165) is 23.8 Å². The summed E-state index contributed by atoms with van der Waals surface area (Å²) in [6.45, 7) is 2.04. The summed E-state index contributed by atoms with van der Waals surface area (Å²) in [4.78, 5) is 12.7. The fraction of sp³-hybridized carbons (Fsp3) is 0.429. The second-order valence-corrected chi connectivity index (χ2v) is 8.10. The standard InChI is InChI=1S/C21H23FN4O2S/c1-2-28-20(27)17(12-14-8-10-16(22)11-9-14)18-13-29-21-24-23-19(26(21)25-18)15-6-4-3-5-7-15/h8-12,15H,2-7,13H2,1H3/b17-12-. The Bertz CT molecular complexity index is 946. The first-order valence-corrected chi connectivity index (χ1v) is 10.9. The SMILES string of the molecule is CCOC(=O)/C(=C\c1ccc(F)cc1)C1=Nn2c(nnc2C2CCCCC2)SC1. The van der Waals surface area contributed by atoms with Crippen LogP contribution in [-0.2, 0) is 9.53 Å². The number of rotatable bonds is 5. The number of carbonyl (C=O) groups excluding carboxylic acids is 1. The summed E-state index contributed by atoms with van der Waals surface area (Å²) in [6.07, 6.45) is 7.51. The molecule has 0 unspecified atom stereocenters. The van der Waals surface area contributed by atoms with Crippen LogP contribution in [0.2, 0.25) is 0 Å². The minimum atomic E-state index is -0.438. The van der Waals surface area contributed by atoms with Crippen molar-refractivity contribution in [2.45, 2.75) is 50.1 Å². The number of halogens is 1. The van der Waals surface area contributed by atoms with Gasteiger partial charge in [0, 0.05) is 11.7 Å². The molecule has 0 radical (unpaired) electrons. The van der Waals surface area contributed by atoms with Crippen LogP contribution in [0, 0.1) is 5.82 Å². The minimum absolute atomic E-state index is 0.269. The molecule has 2 heterocycles. The summed E-state index contributed by atoms with van der Waals surface area (Å²) in [7, 11) is 0. The van der Waals surface area contributed by atoms with Gasteiger partial charge in [-0.1, -0.05) is 43.2 Å². The van der Waals surface area contributed by atoms with Gasteiger partial charge >= 0.3 is 5.97 Å². The van der Waals surface area contributed by atoms with E-state index >= 15 is 0 Å². The molecule has 0 N–H and O–H groups in total. The maximum atomic E-state index is 13.3. The van der Waals surface area contributed by atoms with Gasteiger partial charge in [-0.25, -0.2) is 9.18 Å². The Morgan fingerprint density at radius 3 is 2.72 bits per heavy atom. The zero-order valence-corrected chi connectivity index (χ0v) is 17.1. The summed E-state index contributed by atoms with van der Waals surface area (Å²) in [5.41, 5.74) is 1.70. The van der Waals surface area contributed by atoms with E-state index < -0.39 is 5.97 Å². The maximum Gasteiger partial charge on any atom is 0.340 e. The van der Waals surface area contributed by atoms with Crippen molar-refractivity contribution in [1.29, 1.82) is 0 Å². The molecule has 1 fully saturated rings. The topological polar surface area (TPSA) is 69.4 Å². The lowest BCUT2D eigenvalue weighted by Gasteiger charge is -2.22. The molecular formula is C21H23FN4O2S. The second-order valence-electron chi connectivity index (χ2n) is 7.15. The predicted octanol–water partition coefficient (Wildman–Crippen LogP) is 4.42. The van der Waals surface area contributed by atoms with Crippen LogP contribution in [0.15, 0.2) is 40.1 Å². The monoisotopic (exact) mass is 414 g/mol. The maximum absolute atomic E-state index is 13.3. The van der Waals surface area contributed by atoms with E-state index in [1.165, 1.54) is 43.2 Å². The van der Waals surface area contributed by atoms with Crippen LogP contribution in [-0.4, -0.2) is 38.9 Å². The number of hydrogen-bond acceptors (Lipinski definition) is 6. The van der Waals surface area contributed by atoms with E-state index in [1.54, 1.807) is 29.8 Å². The Labute approximate surface area is 173 Å². The number of carbonyl (C=O) groups is 1. The van der Waals surface area contributed by atoms with Gasteiger partial charge in [-0.05, 0) is 43.5 Å². The summed E-state index contributed by atoms with van der Waals surface area (Å²) < 4.78 is 20.3. The van der Waals surface area contributed by atoms with Crippen LogP contribution in [0.3, 0.4) is 0 Å². The molecule has 0 amide bonds. The van der Waals surface area contributed by atoms with Gasteiger partial charge in [0.05, 0.1) is 17.9 Å². The highest BCUT2D eigenvalue weighted by Crippen LogP contribution is 2.34. The van der Waals surface area contributed by atoms with Crippen LogP contribution >= 0.6 is 11.8 Å². The zero-order chi connectivity index (χ0) is 20.2. The van der Waals surface area contributed by atoms with Crippen molar-refractivity contribution in [2.24, 2.45) is 5.10 Å². The van der Waals surface area contributed by atoms with Gasteiger partial charge < -0.3 is 4.74 Å². The van der Waals surface area contributed by atoms with Gasteiger partial charge in [0.2, 0.25) is 5.16 Å². The number of esters is 1. The quantitative estimate of drug-likeness (QED) is 0.535. The lowest BCUT2D eigenvalue weighted by Crippen LogP contribution is -2.22. The summed E-state index contributed by atoms with van der Waals surface area (Å²) >= 11 is 1.51. The summed E-state index contributed by atoms with van der Waals surface area (Å²) in [5.74, 6) is 0.952. The third-order valence-electron chi connectivity index (χ3n) is 5.15. The largest absolute Gasteiger partial charge is 0.462 e. The van der Waals surface area contributed by atoms with Crippen molar-refractivity contribution in [3.8, 4) is 0 Å². The molecule has 4 rings (SSSR count). The molecule has 8 heteroatoms. The lowest BCUT2D eigenvalue weighted by atomic mass is 9.89. The molecule has 0 saturated heterocycles. The van der Waals surface area contributed by atoms with Crippen molar-refractivity contribution < 1.29 is 13.9 Å². The molecule has 1 saturated carbocycles. The van der Waals surface area contributed by atoms with Gasteiger partial charge in [-0.3, -0.25) is 0 Å². The van der Waals surface area contributed by atoms with E-state index in [9.17, 15) is 9.18 Å². The van der Waals surface area contributed by atoms with Gasteiger partial charge in [0.15, 0.2) is 5.82 Å². The highest BCUT2D eigenvalue weighted by molar-refractivity contribution is 7.99. The third kappa shape index (κ3) is 4.42. The van der Waals surface area contributed by atoms with Crippen molar-refractivity contribution in [2.75, 3.05) is 12.4 Å². The molecule has 152 valence electrons. The molecule has 1 aromatic carbocycles. The van der Waals surface area contributed by atoms with Crippen LogP contribution in [0.25, 0.3) is 6.08 Å². The van der Waals surface area contributed by atoms with Crippen molar-refractivity contribution >= 4 is 29.5 Å². The molecule has 0 atom stereocenters.